The van der Waals surface area contributed by atoms with E-state index in [4.69, 9.17) is 16.3 Å². The lowest BCUT2D eigenvalue weighted by Gasteiger charge is -2.22. The van der Waals surface area contributed by atoms with Crippen LogP contribution in [-0.4, -0.2) is 33.9 Å². The summed E-state index contributed by atoms with van der Waals surface area (Å²) in [4.78, 5) is 34.4. The maximum Gasteiger partial charge on any atom is 0.258 e. The van der Waals surface area contributed by atoms with Crippen LogP contribution in [0.3, 0.4) is 0 Å². The van der Waals surface area contributed by atoms with Crippen LogP contribution in [0.5, 0.6) is 5.75 Å². The second kappa shape index (κ2) is 9.09. The molecule has 29 heavy (non-hydrogen) atoms. The van der Waals surface area contributed by atoms with Gasteiger partial charge in [-0.15, -0.1) is 0 Å². The highest BCUT2D eigenvalue weighted by atomic mass is 35.5. The molecule has 0 spiro atoms. The zero-order valence-electron chi connectivity index (χ0n) is 16.8. The minimum atomic E-state index is -0.248. The van der Waals surface area contributed by atoms with Crippen molar-refractivity contribution in [3.63, 3.8) is 0 Å². The Morgan fingerprint density at radius 2 is 2.00 bits per heavy atom. The topological polar surface area (TPSA) is 75.3 Å². The number of amides is 1. The van der Waals surface area contributed by atoms with Gasteiger partial charge >= 0.3 is 0 Å². The van der Waals surface area contributed by atoms with Gasteiger partial charge in [0.2, 0.25) is 0 Å². The fourth-order valence-electron chi connectivity index (χ4n) is 3.22. The highest BCUT2D eigenvalue weighted by Gasteiger charge is 2.18. The molecule has 0 saturated heterocycles. The number of hydrogen-bond donors (Lipinski definition) is 1. The van der Waals surface area contributed by atoms with Crippen LogP contribution < -0.4 is 10.3 Å². The Balaban J connectivity index is 1.90. The van der Waals surface area contributed by atoms with Crippen molar-refractivity contribution < 1.29 is 9.53 Å². The second-order valence-electron chi connectivity index (χ2n) is 6.81. The van der Waals surface area contributed by atoms with E-state index < -0.39 is 0 Å². The lowest BCUT2D eigenvalue weighted by atomic mass is 10.1. The van der Waals surface area contributed by atoms with E-state index in [1.54, 1.807) is 29.2 Å². The van der Waals surface area contributed by atoms with Crippen LogP contribution in [0, 0.1) is 6.92 Å². The molecule has 152 valence electrons. The molecule has 1 N–H and O–H groups in total. The first-order valence-electron chi connectivity index (χ1n) is 9.64. The Labute approximate surface area is 174 Å². The lowest BCUT2D eigenvalue weighted by molar-refractivity contribution is 0.0738. The third-order valence-electron chi connectivity index (χ3n) is 4.56. The molecular formula is C22H24ClN3O3. The Kier molecular flexibility index (Phi) is 6.54. The van der Waals surface area contributed by atoms with E-state index in [9.17, 15) is 9.59 Å². The van der Waals surface area contributed by atoms with Gasteiger partial charge in [0.25, 0.3) is 11.5 Å². The normalized spacial score (nSPS) is 10.9. The van der Waals surface area contributed by atoms with E-state index in [1.165, 1.54) is 0 Å². The molecule has 3 rings (SSSR count). The molecule has 1 aromatic heterocycles. The van der Waals surface area contributed by atoms with Gasteiger partial charge in [-0.3, -0.25) is 9.59 Å². The number of rotatable bonds is 7. The number of benzene rings is 2. The van der Waals surface area contributed by atoms with Crippen LogP contribution in [0.25, 0.3) is 10.9 Å². The van der Waals surface area contributed by atoms with Crippen molar-refractivity contribution in [1.29, 1.82) is 0 Å². The molecule has 0 unspecified atom stereocenters. The predicted octanol–water partition coefficient (Wildman–Crippen LogP) is 4.34. The average molecular weight is 414 g/mol. The monoisotopic (exact) mass is 413 g/mol. The summed E-state index contributed by atoms with van der Waals surface area (Å²) in [5.41, 5.74) is 1.74. The standard InChI is InChI=1S/C22H24ClN3O3/c1-4-10-26(22(28)15-6-9-19(29-5-2)14(3)11-15)13-20-24-18-12-16(23)7-8-17(18)21(27)25-20/h6-9,11-12H,4-5,10,13H2,1-3H3,(H,24,25,27). The molecule has 0 aliphatic heterocycles. The number of nitrogens with zero attached hydrogens (tertiary/aromatic N) is 2. The van der Waals surface area contributed by atoms with Gasteiger partial charge in [0.15, 0.2) is 0 Å². The molecule has 0 aliphatic carbocycles. The zero-order chi connectivity index (χ0) is 21.0. The fraction of sp³-hybridized carbons (Fsp3) is 0.318. The number of ether oxygens (including phenoxy) is 1. The van der Waals surface area contributed by atoms with Gasteiger partial charge in [-0.25, -0.2) is 4.98 Å². The smallest absolute Gasteiger partial charge is 0.258 e. The van der Waals surface area contributed by atoms with Crippen LogP contribution in [0.4, 0.5) is 0 Å². The van der Waals surface area contributed by atoms with Crippen LogP contribution in [0.2, 0.25) is 5.02 Å². The molecule has 1 heterocycles. The van der Waals surface area contributed by atoms with E-state index in [2.05, 4.69) is 9.97 Å². The van der Waals surface area contributed by atoms with E-state index >= 15 is 0 Å². The number of carbonyl (C=O) groups is 1. The number of aryl methyl sites for hydroxylation is 1. The van der Waals surface area contributed by atoms with Gasteiger partial charge in [-0.1, -0.05) is 18.5 Å². The van der Waals surface area contributed by atoms with Crippen LogP contribution >= 0.6 is 11.6 Å². The van der Waals surface area contributed by atoms with E-state index in [-0.39, 0.29) is 18.0 Å². The molecule has 6 nitrogen and oxygen atoms in total. The number of aromatic nitrogens is 2. The Morgan fingerprint density at radius 3 is 2.69 bits per heavy atom. The number of aromatic amines is 1. The van der Waals surface area contributed by atoms with E-state index in [0.29, 0.717) is 40.5 Å². The number of H-pyrrole nitrogens is 1. The molecule has 3 aromatic rings. The minimum Gasteiger partial charge on any atom is -0.494 e. The second-order valence-corrected chi connectivity index (χ2v) is 7.25. The first-order valence-corrected chi connectivity index (χ1v) is 10.0. The van der Waals surface area contributed by atoms with E-state index in [1.807, 2.05) is 32.9 Å². The van der Waals surface area contributed by atoms with Gasteiger partial charge in [-0.2, -0.15) is 0 Å². The van der Waals surface area contributed by atoms with Crippen LogP contribution in [0.15, 0.2) is 41.2 Å². The van der Waals surface area contributed by atoms with E-state index in [0.717, 1.165) is 17.7 Å². The highest BCUT2D eigenvalue weighted by molar-refractivity contribution is 6.31. The highest BCUT2D eigenvalue weighted by Crippen LogP contribution is 2.21. The predicted molar refractivity (Wildman–Crippen MR) is 115 cm³/mol. The molecule has 0 atom stereocenters. The van der Waals surface area contributed by atoms with Crippen molar-refractivity contribution in [2.75, 3.05) is 13.2 Å². The maximum absolute atomic E-state index is 13.1. The molecule has 0 aliphatic rings. The van der Waals surface area contributed by atoms with Gasteiger partial charge in [-0.05, 0) is 62.2 Å². The van der Waals surface area contributed by atoms with Crippen molar-refractivity contribution in [2.45, 2.75) is 33.7 Å². The maximum atomic E-state index is 13.1. The minimum absolute atomic E-state index is 0.119. The molecule has 0 saturated carbocycles. The van der Waals surface area contributed by atoms with Crippen molar-refractivity contribution in [3.8, 4) is 5.75 Å². The molecular weight excluding hydrogens is 390 g/mol. The fourth-order valence-corrected chi connectivity index (χ4v) is 3.39. The molecule has 0 fully saturated rings. The average Bonchev–Trinajstić information content (AvgIpc) is 2.68. The summed E-state index contributed by atoms with van der Waals surface area (Å²) in [6.07, 6.45) is 0.783. The summed E-state index contributed by atoms with van der Waals surface area (Å²) < 4.78 is 5.55. The summed E-state index contributed by atoms with van der Waals surface area (Å²) >= 11 is 6.03. The molecule has 2 aromatic carbocycles. The molecule has 1 amide bonds. The summed E-state index contributed by atoms with van der Waals surface area (Å²) in [6.45, 7) is 7.16. The first-order chi connectivity index (χ1) is 13.9. The van der Waals surface area contributed by atoms with Crippen molar-refractivity contribution >= 4 is 28.4 Å². The third-order valence-corrected chi connectivity index (χ3v) is 4.80. The quantitative estimate of drug-likeness (QED) is 0.625. The number of halogens is 1. The van der Waals surface area contributed by atoms with Crippen molar-refractivity contribution in [1.82, 2.24) is 14.9 Å². The van der Waals surface area contributed by atoms with Gasteiger partial charge < -0.3 is 14.6 Å². The van der Waals surface area contributed by atoms with Crippen LogP contribution in [0.1, 0.15) is 42.0 Å². The van der Waals surface area contributed by atoms with Gasteiger partial charge in [0, 0.05) is 17.1 Å². The Morgan fingerprint density at radius 1 is 1.21 bits per heavy atom. The number of hydrogen-bond acceptors (Lipinski definition) is 4. The summed E-state index contributed by atoms with van der Waals surface area (Å²) in [6, 6.07) is 10.4. The molecule has 0 bridgehead atoms. The number of fused-ring (bicyclic) bond motifs is 1. The Hall–Kier alpha value is -2.86. The summed E-state index contributed by atoms with van der Waals surface area (Å²) in [7, 11) is 0. The summed E-state index contributed by atoms with van der Waals surface area (Å²) in [5.74, 6) is 1.07. The largest absolute Gasteiger partial charge is 0.494 e. The SMILES string of the molecule is CCCN(Cc1nc2cc(Cl)ccc2c(=O)[nH]1)C(=O)c1ccc(OCC)c(C)c1. The van der Waals surface area contributed by atoms with Crippen LogP contribution in [-0.2, 0) is 6.54 Å². The first kappa shape index (κ1) is 20.9. The third kappa shape index (κ3) is 4.77. The Bertz CT molecular complexity index is 1090. The summed E-state index contributed by atoms with van der Waals surface area (Å²) in [5, 5.41) is 0.974. The van der Waals surface area contributed by atoms with Gasteiger partial charge in [0.05, 0.1) is 24.1 Å². The molecule has 7 heteroatoms. The zero-order valence-corrected chi connectivity index (χ0v) is 17.5. The molecule has 0 radical (unpaired) electrons. The lowest BCUT2D eigenvalue weighted by Crippen LogP contribution is -2.32. The van der Waals surface area contributed by atoms with Crippen molar-refractivity contribution in [2.24, 2.45) is 0 Å². The van der Waals surface area contributed by atoms with Crippen molar-refractivity contribution in [3.05, 3.63) is 68.7 Å². The number of nitrogens with one attached hydrogen (secondary N) is 1. The number of carbonyl (C=O) groups excluding carboxylic acids is 1. The van der Waals surface area contributed by atoms with Gasteiger partial charge in [0.1, 0.15) is 11.6 Å².